The molecule has 1 aromatic heterocycles. The fraction of sp³-hybridized carbons (Fsp3) is 0.222. The van der Waals surface area contributed by atoms with Gasteiger partial charge in [0.05, 0.1) is 11.7 Å². The lowest BCUT2D eigenvalue weighted by atomic mass is 10.1. The Morgan fingerprint density at radius 2 is 1.88 bits per heavy atom. The van der Waals surface area contributed by atoms with E-state index in [9.17, 15) is 9.59 Å². The van der Waals surface area contributed by atoms with Crippen LogP contribution in [-0.2, 0) is 9.59 Å². The number of nitrogens with zero attached hydrogens (tertiary/aromatic N) is 3. The Kier molecular flexibility index (Phi) is 4.74. The molecule has 0 unspecified atom stereocenters. The Hall–Kier alpha value is -3.22. The van der Waals surface area contributed by atoms with Gasteiger partial charge in [-0.15, -0.1) is 0 Å². The van der Waals surface area contributed by atoms with E-state index in [1.165, 1.54) is 5.01 Å². The standard InChI is InChI=1S/C18H19N5O2/c1-12(13-7-9-20-10-8-13)21-18(25)15-11-16(17(19)24)23(22-15)14-5-3-2-4-6-14/h2-10,12,16H,11H2,1H3,(H2,19,24)(H,21,25)/t12-,16+/m1/s1. The molecule has 2 atom stereocenters. The number of hydrogen-bond donors (Lipinski definition) is 2. The van der Waals surface area contributed by atoms with Gasteiger partial charge in [-0.3, -0.25) is 19.6 Å². The number of pyridine rings is 1. The molecule has 7 nitrogen and oxygen atoms in total. The topological polar surface area (TPSA) is 101 Å². The molecule has 2 amide bonds. The quantitative estimate of drug-likeness (QED) is 0.860. The predicted molar refractivity (Wildman–Crippen MR) is 94.8 cm³/mol. The molecular formula is C18H19N5O2. The van der Waals surface area contributed by atoms with Crippen molar-refractivity contribution in [2.24, 2.45) is 10.8 Å². The van der Waals surface area contributed by atoms with Crippen molar-refractivity contribution in [3.8, 4) is 0 Å². The minimum atomic E-state index is -0.667. The molecule has 1 aliphatic heterocycles. The summed E-state index contributed by atoms with van der Waals surface area (Å²) in [6.45, 7) is 1.88. The second-order valence-electron chi connectivity index (χ2n) is 5.82. The van der Waals surface area contributed by atoms with Crippen molar-refractivity contribution >= 4 is 23.2 Å². The highest BCUT2D eigenvalue weighted by Gasteiger charge is 2.35. The van der Waals surface area contributed by atoms with Gasteiger partial charge < -0.3 is 11.1 Å². The molecule has 0 spiro atoms. The molecule has 0 saturated carbocycles. The molecule has 1 aromatic carbocycles. The van der Waals surface area contributed by atoms with Gasteiger partial charge >= 0.3 is 0 Å². The molecule has 128 valence electrons. The second-order valence-corrected chi connectivity index (χ2v) is 5.82. The fourth-order valence-corrected chi connectivity index (χ4v) is 2.70. The van der Waals surface area contributed by atoms with Crippen molar-refractivity contribution in [2.45, 2.75) is 25.4 Å². The number of para-hydroxylation sites is 1. The summed E-state index contributed by atoms with van der Waals surface area (Å²) in [4.78, 5) is 28.3. The molecule has 2 heterocycles. The van der Waals surface area contributed by atoms with Gasteiger partial charge in [-0.2, -0.15) is 5.10 Å². The van der Waals surface area contributed by atoms with Crippen LogP contribution in [0.15, 0.2) is 60.0 Å². The van der Waals surface area contributed by atoms with Crippen molar-refractivity contribution in [1.82, 2.24) is 10.3 Å². The Morgan fingerprint density at radius 3 is 2.52 bits per heavy atom. The van der Waals surface area contributed by atoms with Gasteiger partial charge in [-0.1, -0.05) is 18.2 Å². The summed E-state index contributed by atoms with van der Waals surface area (Å²) in [7, 11) is 0. The molecule has 0 saturated heterocycles. The maximum absolute atomic E-state index is 12.5. The van der Waals surface area contributed by atoms with Crippen molar-refractivity contribution in [2.75, 3.05) is 5.01 Å². The minimum absolute atomic E-state index is 0.180. The first-order chi connectivity index (χ1) is 12.1. The molecule has 1 aliphatic rings. The van der Waals surface area contributed by atoms with Crippen molar-refractivity contribution < 1.29 is 9.59 Å². The van der Waals surface area contributed by atoms with Gasteiger partial charge in [0.1, 0.15) is 11.8 Å². The molecule has 0 aliphatic carbocycles. The van der Waals surface area contributed by atoms with Gasteiger partial charge in [0.2, 0.25) is 5.91 Å². The number of primary amides is 1. The number of aromatic nitrogens is 1. The molecule has 25 heavy (non-hydrogen) atoms. The third-order valence-electron chi connectivity index (χ3n) is 4.08. The monoisotopic (exact) mass is 337 g/mol. The Labute approximate surface area is 145 Å². The Morgan fingerprint density at radius 1 is 1.20 bits per heavy atom. The summed E-state index contributed by atoms with van der Waals surface area (Å²) >= 11 is 0. The first-order valence-electron chi connectivity index (χ1n) is 7.98. The van der Waals surface area contributed by atoms with E-state index in [0.717, 1.165) is 11.3 Å². The summed E-state index contributed by atoms with van der Waals surface area (Å²) in [5.41, 5.74) is 7.43. The number of hydrazone groups is 1. The second kappa shape index (κ2) is 7.12. The van der Waals surface area contributed by atoms with Crippen LogP contribution in [0.5, 0.6) is 0 Å². The van der Waals surface area contributed by atoms with E-state index in [-0.39, 0.29) is 24.1 Å². The van der Waals surface area contributed by atoms with E-state index in [4.69, 9.17) is 5.73 Å². The number of hydrogen-bond acceptors (Lipinski definition) is 5. The van der Waals surface area contributed by atoms with Crippen LogP contribution in [0, 0.1) is 0 Å². The third kappa shape index (κ3) is 3.65. The number of nitrogens with two attached hydrogens (primary N) is 1. The lowest BCUT2D eigenvalue weighted by Crippen LogP contribution is -2.40. The number of carbonyl (C=O) groups is 2. The van der Waals surface area contributed by atoms with Crippen LogP contribution in [0.25, 0.3) is 0 Å². The number of nitrogens with one attached hydrogen (secondary N) is 1. The molecule has 7 heteroatoms. The highest BCUT2D eigenvalue weighted by molar-refractivity contribution is 6.40. The number of amides is 2. The summed E-state index contributed by atoms with van der Waals surface area (Å²) in [5, 5.41) is 8.73. The van der Waals surface area contributed by atoms with Crippen LogP contribution in [0.1, 0.15) is 24.9 Å². The lowest BCUT2D eigenvalue weighted by molar-refractivity contribution is -0.119. The largest absolute Gasteiger partial charge is 0.368 e. The van der Waals surface area contributed by atoms with Gasteiger partial charge in [0, 0.05) is 18.8 Å². The van der Waals surface area contributed by atoms with E-state index in [2.05, 4.69) is 15.4 Å². The number of rotatable bonds is 5. The molecule has 0 bridgehead atoms. The Bertz CT molecular complexity index is 792. The zero-order valence-electron chi connectivity index (χ0n) is 13.8. The van der Waals surface area contributed by atoms with E-state index < -0.39 is 11.9 Å². The normalized spacial score (nSPS) is 17.7. The number of anilines is 1. The molecule has 2 aromatic rings. The van der Waals surface area contributed by atoms with Crippen LogP contribution in [0.4, 0.5) is 5.69 Å². The van der Waals surface area contributed by atoms with Crippen molar-refractivity contribution in [3.63, 3.8) is 0 Å². The maximum atomic E-state index is 12.5. The first kappa shape index (κ1) is 16.6. The van der Waals surface area contributed by atoms with Gasteiger partial charge in [0.25, 0.3) is 5.91 Å². The third-order valence-corrected chi connectivity index (χ3v) is 4.08. The number of carbonyl (C=O) groups excluding carboxylic acids is 2. The average molecular weight is 337 g/mol. The average Bonchev–Trinajstić information content (AvgIpc) is 3.09. The maximum Gasteiger partial charge on any atom is 0.268 e. The molecule has 3 rings (SSSR count). The molecular weight excluding hydrogens is 318 g/mol. The van der Waals surface area contributed by atoms with Gasteiger partial charge in [-0.25, -0.2) is 0 Å². The Balaban J connectivity index is 1.77. The first-order valence-corrected chi connectivity index (χ1v) is 7.98. The van der Waals surface area contributed by atoms with E-state index in [1.54, 1.807) is 12.4 Å². The van der Waals surface area contributed by atoms with E-state index in [0.29, 0.717) is 0 Å². The molecule has 3 N–H and O–H groups in total. The van der Waals surface area contributed by atoms with Crippen LogP contribution in [0.3, 0.4) is 0 Å². The minimum Gasteiger partial charge on any atom is -0.368 e. The number of benzene rings is 1. The van der Waals surface area contributed by atoms with Crippen molar-refractivity contribution in [3.05, 3.63) is 60.4 Å². The van der Waals surface area contributed by atoms with Crippen LogP contribution in [0.2, 0.25) is 0 Å². The molecule has 0 fully saturated rings. The lowest BCUT2D eigenvalue weighted by Gasteiger charge is -2.20. The van der Waals surface area contributed by atoms with Crippen molar-refractivity contribution in [1.29, 1.82) is 0 Å². The summed E-state index contributed by atoms with van der Waals surface area (Å²) < 4.78 is 0. The zero-order chi connectivity index (χ0) is 17.8. The fourth-order valence-electron chi connectivity index (χ4n) is 2.70. The smallest absolute Gasteiger partial charge is 0.268 e. The predicted octanol–water partition coefficient (Wildman–Crippen LogP) is 1.38. The SMILES string of the molecule is C[C@@H](NC(=O)C1=NN(c2ccccc2)[C@H](C(N)=O)C1)c1ccncc1. The highest BCUT2D eigenvalue weighted by Crippen LogP contribution is 2.24. The highest BCUT2D eigenvalue weighted by atomic mass is 16.2. The summed E-state index contributed by atoms with van der Waals surface area (Å²) in [6, 6.07) is 12.0. The van der Waals surface area contributed by atoms with E-state index >= 15 is 0 Å². The van der Waals surface area contributed by atoms with Gasteiger partial charge in [0.15, 0.2) is 0 Å². The van der Waals surface area contributed by atoms with Crippen LogP contribution >= 0.6 is 0 Å². The van der Waals surface area contributed by atoms with Crippen LogP contribution < -0.4 is 16.1 Å². The zero-order valence-corrected chi connectivity index (χ0v) is 13.8. The summed E-state index contributed by atoms with van der Waals surface area (Å²) in [6.07, 6.45) is 3.52. The van der Waals surface area contributed by atoms with Crippen LogP contribution in [-0.4, -0.2) is 28.6 Å². The van der Waals surface area contributed by atoms with Gasteiger partial charge in [-0.05, 0) is 36.8 Å². The van der Waals surface area contributed by atoms with E-state index in [1.807, 2.05) is 49.4 Å². The summed E-state index contributed by atoms with van der Waals surface area (Å²) in [5.74, 6) is -0.827. The molecule has 0 radical (unpaired) electrons.